The average Bonchev–Trinajstić information content (AvgIpc) is 3.18. The molecule has 0 spiro atoms. The summed E-state index contributed by atoms with van der Waals surface area (Å²) in [7, 11) is 0.713. The second-order valence-electron chi connectivity index (χ2n) is 10.5. The fourth-order valence-corrected chi connectivity index (χ4v) is 6.37. The molecule has 0 saturated heterocycles. The zero-order chi connectivity index (χ0) is 25.9. The van der Waals surface area contributed by atoms with E-state index in [1.54, 1.807) is 0 Å². The largest absolute Gasteiger partial charge is 0.569 e. The van der Waals surface area contributed by atoms with Gasteiger partial charge in [-0.05, 0) is 84.3 Å². The van der Waals surface area contributed by atoms with Gasteiger partial charge < -0.3 is 9.68 Å². The standard InChI is InChI=1S/C35H26BO2/c1-35(2)31-14-8-7-9-25(31)26-20-17-23(21-32(26)35)34-29-12-5-3-10-27(29)33(28-11-4-6-13-30(28)34)22-15-18-24(19-16-22)38-36-37/h3-21,37H,1-2H3. The van der Waals surface area contributed by atoms with E-state index >= 15 is 0 Å². The minimum absolute atomic E-state index is 0.0523. The lowest BCUT2D eigenvalue weighted by Crippen LogP contribution is -2.14. The van der Waals surface area contributed by atoms with Crippen LogP contribution in [0.2, 0.25) is 0 Å². The Morgan fingerprint density at radius 1 is 0.553 bits per heavy atom. The molecule has 0 fully saturated rings. The van der Waals surface area contributed by atoms with Gasteiger partial charge in [0.2, 0.25) is 0 Å². The molecule has 3 heteroatoms. The van der Waals surface area contributed by atoms with Crippen LogP contribution >= 0.6 is 0 Å². The first-order chi connectivity index (χ1) is 18.6. The van der Waals surface area contributed by atoms with Gasteiger partial charge in [-0.2, -0.15) is 0 Å². The Hall–Kier alpha value is -4.34. The third kappa shape index (κ3) is 3.32. The molecule has 6 aromatic carbocycles. The topological polar surface area (TPSA) is 29.5 Å². The lowest BCUT2D eigenvalue weighted by Gasteiger charge is -2.23. The second kappa shape index (κ2) is 8.61. The van der Waals surface area contributed by atoms with E-state index in [9.17, 15) is 0 Å². The molecule has 7 rings (SSSR count). The van der Waals surface area contributed by atoms with Crippen LogP contribution in [0.3, 0.4) is 0 Å². The Balaban J connectivity index is 1.51. The third-order valence-corrected chi connectivity index (χ3v) is 8.14. The van der Waals surface area contributed by atoms with Crippen LogP contribution in [0.4, 0.5) is 0 Å². The molecule has 2 nitrogen and oxygen atoms in total. The van der Waals surface area contributed by atoms with Crippen LogP contribution in [0.5, 0.6) is 5.75 Å². The predicted octanol–water partition coefficient (Wildman–Crippen LogP) is 8.54. The van der Waals surface area contributed by atoms with Gasteiger partial charge in [0.25, 0.3) is 0 Å². The van der Waals surface area contributed by atoms with Gasteiger partial charge in [0.15, 0.2) is 0 Å². The van der Waals surface area contributed by atoms with Gasteiger partial charge >= 0.3 is 7.69 Å². The van der Waals surface area contributed by atoms with Crippen LogP contribution in [0.15, 0.2) is 115 Å². The molecule has 0 unspecified atom stereocenters. The molecule has 0 saturated carbocycles. The van der Waals surface area contributed by atoms with Crippen LogP contribution < -0.4 is 4.65 Å². The van der Waals surface area contributed by atoms with Gasteiger partial charge in [0.05, 0.1) is 0 Å². The van der Waals surface area contributed by atoms with Crippen LogP contribution in [-0.4, -0.2) is 12.7 Å². The fraction of sp³-hybridized carbons (Fsp3) is 0.0857. The maximum absolute atomic E-state index is 9.02. The molecule has 0 atom stereocenters. The highest BCUT2D eigenvalue weighted by Gasteiger charge is 2.35. The fourth-order valence-electron chi connectivity index (χ4n) is 6.37. The van der Waals surface area contributed by atoms with Crippen LogP contribution in [0.1, 0.15) is 25.0 Å². The molecule has 1 N–H and O–H groups in total. The number of rotatable bonds is 4. The monoisotopic (exact) mass is 489 g/mol. The molecular weight excluding hydrogens is 463 g/mol. The summed E-state index contributed by atoms with van der Waals surface area (Å²) in [6.07, 6.45) is 0. The second-order valence-corrected chi connectivity index (χ2v) is 10.5. The summed E-state index contributed by atoms with van der Waals surface area (Å²) in [4.78, 5) is 0. The van der Waals surface area contributed by atoms with Gasteiger partial charge in [-0.3, -0.25) is 0 Å². The molecule has 1 aliphatic rings. The molecular formula is C35H26BO2. The molecule has 181 valence electrons. The maximum Gasteiger partial charge on any atom is 0.569 e. The molecule has 0 amide bonds. The minimum Gasteiger partial charge on any atom is -0.537 e. The van der Waals surface area contributed by atoms with Crippen molar-refractivity contribution in [3.63, 3.8) is 0 Å². The molecule has 1 radical (unpaired) electrons. The Kier molecular flexibility index (Phi) is 5.17. The van der Waals surface area contributed by atoms with Crippen molar-refractivity contribution in [2.45, 2.75) is 19.3 Å². The van der Waals surface area contributed by atoms with Gasteiger partial charge in [-0.25, -0.2) is 0 Å². The molecule has 38 heavy (non-hydrogen) atoms. The van der Waals surface area contributed by atoms with E-state index in [-0.39, 0.29) is 5.41 Å². The number of hydrogen-bond acceptors (Lipinski definition) is 2. The van der Waals surface area contributed by atoms with E-state index < -0.39 is 0 Å². The zero-order valence-corrected chi connectivity index (χ0v) is 21.4. The molecule has 1 aliphatic carbocycles. The lowest BCUT2D eigenvalue weighted by atomic mass is 9.80. The van der Waals surface area contributed by atoms with E-state index in [0.29, 0.717) is 13.4 Å². The molecule has 0 aromatic heterocycles. The van der Waals surface area contributed by atoms with E-state index in [2.05, 4.69) is 117 Å². The Bertz CT molecular complexity index is 1790. The van der Waals surface area contributed by atoms with Gasteiger partial charge in [-0.15, -0.1) is 0 Å². The summed E-state index contributed by atoms with van der Waals surface area (Å²) in [6, 6.07) is 41.1. The van der Waals surface area contributed by atoms with E-state index in [1.165, 1.54) is 60.5 Å². The van der Waals surface area contributed by atoms with Gasteiger partial charge in [0, 0.05) is 5.41 Å². The van der Waals surface area contributed by atoms with Crippen LogP contribution in [0, 0.1) is 0 Å². The van der Waals surface area contributed by atoms with Crippen molar-refractivity contribution in [2.75, 3.05) is 0 Å². The van der Waals surface area contributed by atoms with Gasteiger partial charge in [0.1, 0.15) is 5.75 Å². The van der Waals surface area contributed by atoms with Crippen molar-refractivity contribution in [1.82, 2.24) is 0 Å². The number of hydrogen-bond donors (Lipinski definition) is 1. The first-order valence-electron chi connectivity index (χ1n) is 13.0. The summed E-state index contributed by atoms with van der Waals surface area (Å²) in [5, 5.41) is 13.9. The highest BCUT2D eigenvalue weighted by atomic mass is 16.5. The highest BCUT2D eigenvalue weighted by molar-refractivity contribution is 6.21. The van der Waals surface area contributed by atoms with Crippen LogP contribution in [-0.2, 0) is 5.41 Å². The van der Waals surface area contributed by atoms with E-state index in [0.717, 1.165) is 5.56 Å². The molecule has 0 bridgehead atoms. The van der Waals surface area contributed by atoms with Crippen molar-refractivity contribution < 1.29 is 9.68 Å². The quantitative estimate of drug-likeness (QED) is 0.199. The molecule has 6 aromatic rings. The van der Waals surface area contributed by atoms with E-state index in [1.807, 2.05) is 12.1 Å². The number of fused-ring (bicyclic) bond motifs is 5. The summed E-state index contributed by atoms with van der Waals surface area (Å²) in [5.74, 6) is 0.600. The smallest absolute Gasteiger partial charge is 0.537 e. The normalized spacial score (nSPS) is 13.3. The summed E-state index contributed by atoms with van der Waals surface area (Å²) in [6.45, 7) is 4.67. The Labute approximate surface area is 223 Å². The summed E-state index contributed by atoms with van der Waals surface area (Å²) < 4.78 is 5.16. The molecule has 0 heterocycles. The maximum atomic E-state index is 9.02. The highest BCUT2D eigenvalue weighted by Crippen LogP contribution is 2.51. The van der Waals surface area contributed by atoms with Crippen LogP contribution in [0.25, 0.3) is 54.9 Å². The summed E-state index contributed by atoms with van der Waals surface area (Å²) >= 11 is 0. The SMILES string of the molecule is CC1(C)c2ccccc2-c2ccc(-c3c4ccccc4c(-c4ccc(O[B]O)cc4)c4ccccc34)cc21. The van der Waals surface area contributed by atoms with Crippen molar-refractivity contribution in [2.24, 2.45) is 0 Å². The van der Waals surface area contributed by atoms with E-state index in [4.69, 9.17) is 9.68 Å². The lowest BCUT2D eigenvalue weighted by molar-refractivity contribution is 0.454. The third-order valence-electron chi connectivity index (χ3n) is 8.14. The first-order valence-corrected chi connectivity index (χ1v) is 13.0. The van der Waals surface area contributed by atoms with Gasteiger partial charge in [-0.1, -0.05) is 111 Å². The Morgan fingerprint density at radius 3 is 1.66 bits per heavy atom. The van der Waals surface area contributed by atoms with Crippen molar-refractivity contribution in [3.05, 3.63) is 126 Å². The number of benzene rings is 6. The summed E-state index contributed by atoms with van der Waals surface area (Å²) in [5.41, 5.74) is 10.2. The average molecular weight is 489 g/mol. The first kappa shape index (κ1) is 22.8. The van der Waals surface area contributed by atoms with Crippen molar-refractivity contribution >= 4 is 29.2 Å². The zero-order valence-electron chi connectivity index (χ0n) is 21.4. The predicted molar refractivity (Wildman–Crippen MR) is 158 cm³/mol. The van der Waals surface area contributed by atoms with Crippen molar-refractivity contribution in [1.29, 1.82) is 0 Å². The minimum atomic E-state index is -0.0523. The molecule has 0 aliphatic heterocycles. The Morgan fingerprint density at radius 2 is 1.05 bits per heavy atom. The van der Waals surface area contributed by atoms with Crippen molar-refractivity contribution in [3.8, 4) is 39.1 Å².